The standard InChI is InChI=1S/C25H19N3/c1-15-12-16(2)23(17(3)13-15)24-21(14-26)27-25-20-10-5-4-8-18(20)19-9-6-7-11-22(19)28(24)25/h4-13H,1-3H3. The molecule has 0 fully saturated rings. The lowest BCUT2D eigenvalue weighted by Crippen LogP contribution is -1.98. The number of pyridine rings is 1. The second-order valence-electron chi connectivity index (χ2n) is 7.42. The summed E-state index contributed by atoms with van der Waals surface area (Å²) in [4.78, 5) is 4.79. The third-order valence-electron chi connectivity index (χ3n) is 5.50. The van der Waals surface area contributed by atoms with Gasteiger partial charge in [-0.05, 0) is 43.4 Å². The van der Waals surface area contributed by atoms with Gasteiger partial charge in [-0.2, -0.15) is 5.26 Å². The van der Waals surface area contributed by atoms with E-state index in [2.05, 4.69) is 79.8 Å². The van der Waals surface area contributed by atoms with Crippen LogP contribution >= 0.6 is 0 Å². The van der Waals surface area contributed by atoms with Gasteiger partial charge in [0.2, 0.25) is 0 Å². The Morgan fingerprint density at radius 1 is 0.821 bits per heavy atom. The highest BCUT2D eigenvalue weighted by molar-refractivity contribution is 6.12. The zero-order chi connectivity index (χ0) is 19.4. The van der Waals surface area contributed by atoms with E-state index >= 15 is 0 Å². The highest BCUT2D eigenvalue weighted by atomic mass is 15.0. The monoisotopic (exact) mass is 361 g/mol. The van der Waals surface area contributed by atoms with Crippen LogP contribution in [-0.4, -0.2) is 9.38 Å². The lowest BCUT2D eigenvalue weighted by Gasteiger charge is -2.14. The quantitative estimate of drug-likeness (QED) is 0.338. The average Bonchev–Trinajstić information content (AvgIpc) is 3.07. The van der Waals surface area contributed by atoms with Crippen LogP contribution in [0.3, 0.4) is 0 Å². The molecule has 3 aromatic carbocycles. The van der Waals surface area contributed by atoms with Crippen molar-refractivity contribution in [1.29, 1.82) is 5.26 Å². The number of nitriles is 1. The molecule has 2 heterocycles. The van der Waals surface area contributed by atoms with Crippen molar-refractivity contribution in [2.24, 2.45) is 0 Å². The van der Waals surface area contributed by atoms with Crippen LogP contribution in [0.4, 0.5) is 0 Å². The van der Waals surface area contributed by atoms with Gasteiger partial charge in [0.05, 0.1) is 11.2 Å². The second-order valence-corrected chi connectivity index (χ2v) is 7.42. The Balaban J connectivity index is 2.10. The number of rotatable bonds is 1. The van der Waals surface area contributed by atoms with Crippen molar-refractivity contribution in [2.45, 2.75) is 20.8 Å². The molecule has 0 aliphatic heterocycles. The summed E-state index contributed by atoms with van der Waals surface area (Å²) in [5.41, 5.74) is 7.89. The van der Waals surface area contributed by atoms with Crippen LogP contribution in [0.5, 0.6) is 0 Å². The Kier molecular flexibility index (Phi) is 3.50. The largest absolute Gasteiger partial charge is 0.290 e. The molecule has 0 saturated carbocycles. The Morgan fingerprint density at radius 2 is 1.43 bits per heavy atom. The van der Waals surface area contributed by atoms with E-state index in [1.807, 2.05) is 12.1 Å². The van der Waals surface area contributed by atoms with Gasteiger partial charge in [-0.3, -0.25) is 4.40 Å². The summed E-state index contributed by atoms with van der Waals surface area (Å²) < 4.78 is 2.17. The number of fused-ring (bicyclic) bond motifs is 6. The van der Waals surface area contributed by atoms with E-state index in [0.717, 1.165) is 49.7 Å². The second kappa shape index (κ2) is 5.94. The Bertz CT molecular complexity index is 1430. The third-order valence-corrected chi connectivity index (χ3v) is 5.50. The molecule has 0 radical (unpaired) electrons. The molecular weight excluding hydrogens is 342 g/mol. The Labute approximate surface area is 163 Å². The fourth-order valence-corrected chi connectivity index (χ4v) is 4.51. The van der Waals surface area contributed by atoms with Gasteiger partial charge in [0, 0.05) is 16.3 Å². The Hall–Kier alpha value is -3.64. The number of benzene rings is 3. The maximum Gasteiger partial charge on any atom is 0.167 e. The Morgan fingerprint density at radius 3 is 2.11 bits per heavy atom. The van der Waals surface area contributed by atoms with Crippen molar-refractivity contribution in [2.75, 3.05) is 0 Å². The molecule has 0 N–H and O–H groups in total. The van der Waals surface area contributed by atoms with E-state index in [4.69, 9.17) is 4.98 Å². The number of hydrogen-bond donors (Lipinski definition) is 0. The minimum Gasteiger partial charge on any atom is -0.290 e. The van der Waals surface area contributed by atoms with Gasteiger partial charge in [-0.15, -0.1) is 0 Å². The third kappa shape index (κ3) is 2.18. The van der Waals surface area contributed by atoms with Crippen LogP contribution in [0.15, 0.2) is 60.7 Å². The maximum atomic E-state index is 9.94. The zero-order valence-corrected chi connectivity index (χ0v) is 16.1. The fourth-order valence-electron chi connectivity index (χ4n) is 4.51. The molecule has 3 heteroatoms. The first kappa shape index (κ1) is 16.5. The molecule has 0 aliphatic rings. The summed E-state index contributed by atoms with van der Waals surface area (Å²) in [6, 6.07) is 23.3. The van der Waals surface area contributed by atoms with E-state index in [-0.39, 0.29) is 0 Å². The number of aryl methyl sites for hydroxylation is 3. The van der Waals surface area contributed by atoms with Crippen LogP contribution in [0.1, 0.15) is 22.4 Å². The predicted molar refractivity (Wildman–Crippen MR) is 115 cm³/mol. The van der Waals surface area contributed by atoms with Crippen LogP contribution in [0.2, 0.25) is 0 Å². The van der Waals surface area contributed by atoms with Gasteiger partial charge in [0.1, 0.15) is 11.7 Å². The maximum absolute atomic E-state index is 9.94. The van der Waals surface area contributed by atoms with Gasteiger partial charge >= 0.3 is 0 Å². The number of aromatic nitrogens is 2. The van der Waals surface area contributed by atoms with Gasteiger partial charge in [-0.1, -0.05) is 60.2 Å². The van der Waals surface area contributed by atoms with Gasteiger partial charge in [0.15, 0.2) is 5.69 Å². The summed E-state index contributed by atoms with van der Waals surface area (Å²) in [5, 5.41) is 13.3. The fraction of sp³-hybridized carbons (Fsp3) is 0.120. The molecular formula is C25H19N3. The summed E-state index contributed by atoms with van der Waals surface area (Å²) in [6.07, 6.45) is 0. The predicted octanol–water partition coefficient (Wildman–Crippen LogP) is 6.10. The van der Waals surface area contributed by atoms with Crippen molar-refractivity contribution in [1.82, 2.24) is 9.38 Å². The minimum absolute atomic E-state index is 0.469. The smallest absolute Gasteiger partial charge is 0.167 e. The van der Waals surface area contributed by atoms with Crippen molar-refractivity contribution < 1.29 is 0 Å². The van der Waals surface area contributed by atoms with Crippen molar-refractivity contribution >= 4 is 27.3 Å². The highest BCUT2D eigenvalue weighted by Gasteiger charge is 2.21. The number of nitrogens with zero attached hydrogens (tertiary/aromatic N) is 3. The van der Waals surface area contributed by atoms with Crippen LogP contribution in [-0.2, 0) is 0 Å². The van der Waals surface area contributed by atoms with Gasteiger partial charge in [0.25, 0.3) is 0 Å². The van der Waals surface area contributed by atoms with E-state index < -0.39 is 0 Å². The molecule has 0 bridgehead atoms. The van der Waals surface area contributed by atoms with Crippen molar-refractivity contribution in [3.05, 3.63) is 83.0 Å². The summed E-state index contributed by atoms with van der Waals surface area (Å²) in [7, 11) is 0. The number of imidazole rings is 1. The van der Waals surface area contributed by atoms with E-state index in [1.54, 1.807) is 0 Å². The van der Waals surface area contributed by atoms with Crippen molar-refractivity contribution in [3.63, 3.8) is 0 Å². The molecule has 2 aromatic heterocycles. The molecule has 5 rings (SSSR count). The molecule has 5 aromatic rings. The first-order chi connectivity index (χ1) is 13.6. The molecule has 0 unspecified atom stereocenters. The molecule has 0 saturated heterocycles. The zero-order valence-electron chi connectivity index (χ0n) is 16.1. The first-order valence-electron chi connectivity index (χ1n) is 9.40. The van der Waals surface area contributed by atoms with Crippen LogP contribution in [0, 0.1) is 32.1 Å². The molecule has 28 heavy (non-hydrogen) atoms. The minimum atomic E-state index is 0.469. The lowest BCUT2D eigenvalue weighted by atomic mass is 9.96. The lowest BCUT2D eigenvalue weighted by molar-refractivity contribution is 1.23. The van der Waals surface area contributed by atoms with Crippen LogP contribution in [0.25, 0.3) is 38.6 Å². The van der Waals surface area contributed by atoms with Gasteiger partial charge < -0.3 is 0 Å². The SMILES string of the molecule is Cc1cc(C)c(-c2c(C#N)nc3c4ccccc4c4ccccc4n23)c(C)c1. The number of hydrogen-bond acceptors (Lipinski definition) is 2. The van der Waals surface area contributed by atoms with E-state index in [9.17, 15) is 5.26 Å². The topological polar surface area (TPSA) is 41.1 Å². The van der Waals surface area contributed by atoms with Crippen LogP contribution < -0.4 is 0 Å². The molecule has 134 valence electrons. The molecule has 3 nitrogen and oxygen atoms in total. The normalized spacial score (nSPS) is 11.4. The molecule has 0 aliphatic carbocycles. The molecule has 0 atom stereocenters. The summed E-state index contributed by atoms with van der Waals surface area (Å²) >= 11 is 0. The number of para-hydroxylation sites is 1. The highest BCUT2D eigenvalue weighted by Crippen LogP contribution is 2.37. The summed E-state index contributed by atoms with van der Waals surface area (Å²) in [5.74, 6) is 0. The van der Waals surface area contributed by atoms with E-state index in [1.165, 1.54) is 5.56 Å². The van der Waals surface area contributed by atoms with Crippen molar-refractivity contribution in [3.8, 4) is 17.3 Å². The molecule has 0 amide bonds. The van der Waals surface area contributed by atoms with E-state index in [0.29, 0.717) is 5.69 Å². The molecule has 0 spiro atoms. The first-order valence-corrected chi connectivity index (χ1v) is 9.40. The average molecular weight is 361 g/mol. The van der Waals surface area contributed by atoms with Gasteiger partial charge in [-0.25, -0.2) is 4.98 Å². The summed E-state index contributed by atoms with van der Waals surface area (Å²) in [6.45, 7) is 6.32.